The van der Waals surface area contributed by atoms with E-state index in [-0.39, 0.29) is 0 Å². The molecule has 0 aliphatic heterocycles. The second kappa shape index (κ2) is 6.55. The molecule has 0 unspecified atom stereocenters. The summed E-state index contributed by atoms with van der Waals surface area (Å²) in [5.41, 5.74) is -2.11. The van der Waals surface area contributed by atoms with E-state index in [9.17, 15) is 26.4 Å². The Balaban J connectivity index is 3.50. The van der Waals surface area contributed by atoms with Crippen molar-refractivity contribution in [1.29, 1.82) is 5.26 Å². The highest BCUT2D eigenvalue weighted by atomic mass is 32.2. The molecule has 1 N–H and O–H groups in total. The third-order valence-electron chi connectivity index (χ3n) is 2.89. The SMILES string of the molecule is CC(C)N(CC(=O)O)S(=O)(=O)c1ccc(C#N)c(C(F)(F)F)c1. The Morgan fingerprint density at radius 3 is 2.35 bits per heavy atom. The highest BCUT2D eigenvalue weighted by molar-refractivity contribution is 7.89. The Bertz CT molecular complexity index is 751. The van der Waals surface area contributed by atoms with Crippen LogP contribution in [0.1, 0.15) is 25.0 Å². The molecule has 126 valence electrons. The summed E-state index contributed by atoms with van der Waals surface area (Å²) in [6.45, 7) is 1.91. The number of hydrogen-bond donors (Lipinski definition) is 1. The summed E-state index contributed by atoms with van der Waals surface area (Å²) in [7, 11) is -4.46. The molecule has 0 fully saturated rings. The summed E-state index contributed by atoms with van der Waals surface area (Å²) in [5.74, 6) is -1.44. The second-order valence-electron chi connectivity index (χ2n) is 4.85. The molecule has 10 heteroatoms. The average Bonchev–Trinajstić information content (AvgIpc) is 2.42. The van der Waals surface area contributed by atoms with E-state index in [1.807, 2.05) is 0 Å². The third kappa shape index (κ3) is 4.20. The Morgan fingerprint density at radius 1 is 1.39 bits per heavy atom. The molecule has 0 spiro atoms. The van der Waals surface area contributed by atoms with Crippen LogP contribution >= 0.6 is 0 Å². The third-order valence-corrected chi connectivity index (χ3v) is 4.91. The lowest BCUT2D eigenvalue weighted by atomic mass is 10.1. The molecule has 1 rings (SSSR count). The molecule has 0 atom stereocenters. The topological polar surface area (TPSA) is 98.5 Å². The molecule has 0 saturated carbocycles. The number of carbonyl (C=O) groups is 1. The van der Waals surface area contributed by atoms with Crippen LogP contribution in [0.4, 0.5) is 13.2 Å². The van der Waals surface area contributed by atoms with Gasteiger partial charge in [-0.15, -0.1) is 0 Å². The van der Waals surface area contributed by atoms with E-state index in [0.717, 1.165) is 12.1 Å². The van der Waals surface area contributed by atoms with Crippen LogP contribution in [0.25, 0.3) is 0 Å². The largest absolute Gasteiger partial charge is 0.480 e. The van der Waals surface area contributed by atoms with Crippen LogP contribution in [0.2, 0.25) is 0 Å². The van der Waals surface area contributed by atoms with Gasteiger partial charge in [0.05, 0.1) is 22.1 Å². The molecular weight excluding hydrogens is 337 g/mol. The van der Waals surface area contributed by atoms with Crippen LogP contribution in [-0.2, 0) is 21.0 Å². The number of benzene rings is 1. The van der Waals surface area contributed by atoms with E-state index < -0.39 is 50.8 Å². The number of hydrogen-bond acceptors (Lipinski definition) is 4. The van der Waals surface area contributed by atoms with Gasteiger partial charge in [0, 0.05) is 6.04 Å². The monoisotopic (exact) mass is 350 g/mol. The lowest BCUT2D eigenvalue weighted by Gasteiger charge is -2.24. The van der Waals surface area contributed by atoms with E-state index in [1.54, 1.807) is 0 Å². The van der Waals surface area contributed by atoms with Crippen molar-refractivity contribution in [3.8, 4) is 6.07 Å². The van der Waals surface area contributed by atoms with Crippen molar-refractivity contribution in [3.63, 3.8) is 0 Å². The van der Waals surface area contributed by atoms with Crippen molar-refractivity contribution in [1.82, 2.24) is 4.31 Å². The first-order valence-electron chi connectivity index (χ1n) is 6.26. The van der Waals surface area contributed by atoms with E-state index >= 15 is 0 Å². The van der Waals surface area contributed by atoms with E-state index in [4.69, 9.17) is 10.4 Å². The molecule has 23 heavy (non-hydrogen) atoms. The minimum atomic E-state index is -4.91. The maximum atomic E-state index is 12.9. The van der Waals surface area contributed by atoms with Crippen molar-refractivity contribution in [3.05, 3.63) is 29.3 Å². The molecule has 0 aromatic heterocycles. The number of carboxylic acids is 1. The number of halogens is 3. The lowest BCUT2D eigenvalue weighted by molar-refractivity contribution is -0.138. The van der Waals surface area contributed by atoms with Gasteiger partial charge in [0.15, 0.2) is 0 Å². The number of nitriles is 1. The molecule has 0 heterocycles. The lowest BCUT2D eigenvalue weighted by Crippen LogP contribution is -2.40. The summed E-state index contributed by atoms with van der Waals surface area (Å²) < 4.78 is 64.1. The number of carboxylic acid groups (broad SMARTS) is 1. The molecule has 0 saturated heterocycles. The first-order chi connectivity index (χ1) is 10.4. The fourth-order valence-electron chi connectivity index (χ4n) is 1.83. The number of aliphatic carboxylic acids is 1. The van der Waals surface area contributed by atoms with Crippen LogP contribution in [0.15, 0.2) is 23.1 Å². The first kappa shape index (κ1) is 18.9. The predicted octanol–water partition coefficient (Wildman–Crippen LogP) is 2.06. The average molecular weight is 350 g/mol. The van der Waals surface area contributed by atoms with Crippen molar-refractivity contribution < 1.29 is 31.5 Å². The van der Waals surface area contributed by atoms with Crippen molar-refractivity contribution >= 4 is 16.0 Å². The standard InChI is InChI=1S/C13H13F3N2O4S/c1-8(2)18(7-12(19)20)23(21,22)10-4-3-9(6-17)11(5-10)13(14,15)16/h3-5,8H,7H2,1-2H3,(H,19,20). The summed E-state index contributed by atoms with van der Waals surface area (Å²) in [4.78, 5) is 10.1. The highest BCUT2D eigenvalue weighted by Crippen LogP contribution is 2.34. The van der Waals surface area contributed by atoms with Gasteiger partial charge < -0.3 is 5.11 Å². The predicted molar refractivity (Wildman–Crippen MR) is 72.8 cm³/mol. The van der Waals surface area contributed by atoms with Gasteiger partial charge in [-0.3, -0.25) is 4.79 Å². The summed E-state index contributed by atoms with van der Waals surface area (Å²) in [5, 5.41) is 17.5. The first-order valence-corrected chi connectivity index (χ1v) is 7.70. The zero-order valence-corrected chi connectivity index (χ0v) is 12.9. The molecule has 0 bridgehead atoms. The molecule has 1 aromatic rings. The van der Waals surface area contributed by atoms with Gasteiger partial charge in [0.25, 0.3) is 0 Å². The van der Waals surface area contributed by atoms with Gasteiger partial charge in [0.1, 0.15) is 6.54 Å². The smallest absolute Gasteiger partial charge is 0.417 e. The van der Waals surface area contributed by atoms with Gasteiger partial charge >= 0.3 is 12.1 Å². The Kier molecular flexibility index (Phi) is 5.39. The second-order valence-corrected chi connectivity index (χ2v) is 6.75. The number of sulfonamides is 1. The minimum absolute atomic E-state index is 0.338. The quantitative estimate of drug-likeness (QED) is 0.876. The maximum Gasteiger partial charge on any atom is 0.417 e. The summed E-state index contributed by atoms with van der Waals surface area (Å²) >= 11 is 0. The molecule has 6 nitrogen and oxygen atoms in total. The Morgan fingerprint density at radius 2 is 1.96 bits per heavy atom. The highest BCUT2D eigenvalue weighted by Gasteiger charge is 2.36. The fourth-order valence-corrected chi connectivity index (χ4v) is 3.44. The van der Waals surface area contributed by atoms with Gasteiger partial charge in [-0.2, -0.15) is 22.7 Å². The molecular formula is C13H13F3N2O4S. The van der Waals surface area contributed by atoms with E-state index in [0.29, 0.717) is 10.4 Å². The normalized spacial score (nSPS) is 12.4. The van der Waals surface area contributed by atoms with Gasteiger partial charge in [-0.1, -0.05) is 0 Å². The van der Waals surface area contributed by atoms with Crippen molar-refractivity contribution in [2.75, 3.05) is 6.54 Å². The Labute approximate surface area is 130 Å². The Hall–Kier alpha value is -2.12. The van der Waals surface area contributed by atoms with Crippen molar-refractivity contribution in [2.45, 2.75) is 31.0 Å². The zero-order valence-electron chi connectivity index (χ0n) is 12.1. The van der Waals surface area contributed by atoms with E-state index in [2.05, 4.69) is 0 Å². The van der Waals surface area contributed by atoms with Crippen LogP contribution in [0.3, 0.4) is 0 Å². The number of rotatable bonds is 5. The van der Waals surface area contributed by atoms with Gasteiger partial charge in [-0.25, -0.2) is 8.42 Å². The zero-order chi connectivity index (χ0) is 18.0. The molecule has 0 aliphatic rings. The minimum Gasteiger partial charge on any atom is -0.480 e. The van der Waals surface area contributed by atoms with Crippen LogP contribution in [0.5, 0.6) is 0 Å². The number of nitrogens with zero attached hydrogens (tertiary/aromatic N) is 2. The van der Waals surface area contributed by atoms with Crippen LogP contribution < -0.4 is 0 Å². The fraction of sp³-hybridized carbons (Fsp3) is 0.385. The van der Waals surface area contributed by atoms with Crippen LogP contribution in [0, 0.1) is 11.3 Å². The van der Waals surface area contributed by atoms with Crippen molar-refractivity contribution in [2.24, 2.45) is 0 Å². The van der Waals surface area contributed by atoms with E-state index in [1.165, 1.54) is 19.9 Å². The molecule has 0 aliphatic carbocycles. The maximum absolute atomic E-state index is 12.9. The molecule has 1 aromatic carbocycles. The van der Waals surface area contributed by atoms with Crippen LogP contribution in [-0.4, -0.2) is 36.4 Å². The van der Waals surface area contributed by atoms with Gasteiger partial charge in [0.2, 0.25) is 10.0 Å². The molecule has 0 radical (unpaired) electrons. The molecule has 0 amide bonds. The summed E-state index contributed by atoms with van der Waals surface area (Å²) in [6, 6.07) is 2.50. The van der Waals surface area contributed by atoms with Gasteiger partial charge in [-0.05, 0) is 32.0 Å². The number of alkyl halides is 3. The summed E-state index contributed by atoms with van der Waals surface area (Å²) in [6.07, 6.45) is -4.91.